The predicted octanol–water partition coefficient (Wildman–Crippen LogP) is 1.25. The molecule has 114 valence electrons. The van der Waals surface area contributed by atoms with Crippen LogP contribution in [0.3, 0.4) is 0 Å². The van der Waals surface area contributed by atoms with Crippen LogP contribution in [0, 0.1) is 5.92 Å². The Morgan fingerprint density at radius 1 is 1.33 bits per heavy atom. The van der Waals surface area contributed by atoms with Crippen molar-refractivity contribution in [2.45, 2.75) is 25.4 Å². The summed E-state index contributed by atoms with van der Waals surface area (Å²) in [5.74, 6) is -0.451. The average Bonchev–Trinajstić information content (AvgIpc) is 3.08. The van der Waals surface area contributed by atoms with Gasteiger partial charge in [0.25, 0.3) is 5.91 Å². The van der Waals surface area contributed by atoms with Crippen LogP contribution in [-0.4, -0.2) is 38.0 Å². The van der Waals surface area contributed by atoms with E-state index in [1.165, 1.54) is 11.3 Å². The smallest absolute Gasteiger partial charge is 0.253 e. The molecule has 1 aromatic rings. The number of amides is 1. The van der Waals surface area contributed by atoms with Gasteiger partial charge in [0.1, 0.15) is 5.00 Å². The molecular weight excluding hydrogens is 290 g/mol. The zero-order chi connectivity index (χ0) is 15.1. The van der Waals surface area contributed by atoms with Gasteiger partial charge in [-0.05, 0) is 19.3 Å². The van der Waals surface area contributed by atoms with Crippen LogP contribution in [0.25, 0.3) is 0 Å². The molecule has 2 aliphatic rings. The summed E-state index contributed by atoms with van der Waals surface area (Å²) in [5.41, 5.74) is 12.1. The lowest BCUT2D eigenvalue weighted by molar-refractivity contribution is 0.0972. The van der Waals surface area contributed by atoms with E-state index >= 15 is 0 Å². The Bertz CT molecular complexity index is 595. The number of carbonyl (C=O) groups is 2. The van der Waals surface area contributed by atoms with E-state index < -0.39 is 5.91 Å². The molecule has 3 rings (SSSR count). The van der Waals surface area contributed by atoms with Gasteiger partial charge in [0.05, 0.1) is 22.2 Å². The zero-order valence-corrected chi connectivity index (χ0v) is 12.7. The number of primary amides is 1. The molecule has 21 heavy (non-hydrogen) atoms. The van der Waals surface area contributed by atoms with Crippen LogP contribution in [0.2, 0.25) is 0 Å². The van der Waals surface area contributed by atoms with Crippen molar-refractivity contribution in [3.05, 3.63) is 10.4 Å². The maximum absolute atomic E-state index is 12.3. The first-order valence-electron chi connectivity index (χ1n) is 7.07. The molecule has 2 fully saturated rings. The summed E-state index contributed by atoms with van der Waals surface area (Å²) in [6.45, 7) is 1.46. The molecule has 1 aromatic heterocycles. The van der Waals surface area contributed by atoms with Gasteiger partial charge in [0.15, 0.2) is 5.78 Å². The van der Waals surface area contributed by atoms with Gasteiger partial charge in [-0.2, -0.15) is 0 Å². The Balaban J connectivity index is 1.97. The molecule has 1 unspecified atom stereocenters. The van der Waals surface area contributed by atoms with E-state index in [2.05, 4.69) is 0 Å². The summed E-state index contributed by atoms with van der Waals surface area (Å²) in [5, 5.41) is 0.712. The normalized spacial score (nSPS) is 21.8. The molecule has 6 nitrogen and oxygen atoms in total. The zero-order valence-electron chi connectivity index (χ0n) is 11.9. The van der Waals surface area contributed by atoms with Gasteiger partial charge < -0.3 is 21.1 Å². The number of anilines is 2. The second-order valence-electron chi connectivity index (χ2n) is 5.62. The molecule has 1 aliphatic heterocycles. The first-order chi connectivity index (χ1) is 10.0. The molecule has 4 N–H and O–H groups in total. The maximum Gasteiger partial charge on any atom is 0.253 e. The number of ether oxygens (including phenoxy) is 1. The summed E-state index contributed by atoms with van der Waals surface area (Å²) >= 11 is 1.30. The molecule has 1 atom stereocenters. The van der Waals surface area contributed by atoms with Crippen LogP contribution in [-0.2, 0) is 4.74 Å². The minimum absolute atomic E-state index is 0.0498. The number of nitrogens with two attached hydrogens (primary N) is 2. The quantitative estimate of drug-likeness (QED) is 0.798. The lowest BCUT2D eigenvalue weighted by atomic mass is 10.1. The summed E-state index contributed by atoms with van der Waals surface area (Å²) in [6, 6.07) is 0. The highest BCUT2D eigenvalue weighted by Gasteiger charge is 2.36. The van der Waals surface area contributed by atoms with E-state index in [4.69, 9.17) is 16.2 Å². The third-order valence-corrected chi connectivity index (χ3v) is 5.39. The van der Waals surface area contributed by atoms with Crippen LogP contribution in [0.15, 0.2) is 0 Å². The van der Waals surface area contributed by atoms with Crippen LogP contribution in [0.5, 0.6) is 0 Å². The fourth-order valence-corrected chi connectivity index (χ4v) is 3.99. The summed E-state index contributed by atoms with van der Waals surface area (Å²) in [4.78, 5) is 26.6. The van der Waals surface area contributed by atoms with E-state index in [0.29, 0.717) is 22.0 Å². The van der Waals surface area contributed by atoms with Crippen molar-refractivity contribution in [2.24, 2.45) is 11.7 Å². The fourth-order valence-electron chi connectivity index (χ4n) is 2.71. The highest BCUT2D eigenvalue weighted by molar-refractivity contribution is 7.19. The Morgan fingerprint density at radius 2 is 2.05 bits per heavy atom. The number of Topliss-reactive ketones (excluding diaryl/α,β-unsaturated/α-hetero) is 1. The van der Waals surface area contributed by atoms with Gasteiger partial charge in [0.2, 0.25) is 0 Å². The number of hydrogen-bond donors (Lipinski definition) is 2. The van der Waals surface area contributed by atoms with E-state index in [1.807, 2.05) is 4.90 Å². The molecule has 1 amide bonds. The molecule has 2 heterocycles. The lowest BCUT2D eigenvalue weighted by Crippen LogP contribution is -2.24. The maximum atomic E-state index is 12.3. The van der Waals surface area contributed by atoms with Gasteiger partial charge in [-0.1, -0.05) is 0 Å². The lowest BCUT2D eigenvalue weighted by Gasteiger charge is -2.17. The second kappa shape index (κ2) is 5.31. The first kappa shape index (κ1) is 14.3. The topological polar surface area (TPSA) is 98.7 Å². The molecule has 0 aromatic carbocycles. The van der Waals surface area contributed by atoms with Crippen LogP contribution in [0.1, 0.15) is 39.3 Å². The Morgan fingerprint density at radius 3 is 2.57 bits per heavy atom. The predicted molar refractivity (Wildman–Crippen MR) is 81.9 cm³/mol. The van der Waals surface area contributed by atoms with Crippen molar-refractivity contribution in [1.29, 1.82) is 0 Å². The number of ketones is 1. The van der Waals surface area contributed by atoms with Gasteiger partial charge in [-0.3, -0.25) is 9.59 Å². The van der Waals surface area contributed by atoms with Crippen molar-refractivity contribution in [3.8, 4) is 0 Å². The van der Waals surface area contributed by atoms with Crippen LogP contribution >= 0.6 is 11.3 Å². The SMILES string of the molecule is COC1CCN(c2sc(C(=O)C3CC3)c(N)c2C(N)=O)C1. The highest BCUT2D eigenvalue weighted by atomic mass is 32.1. The van der Waals surface area contributed by atoms with E-state index in [9.17, 15) is 9.59 Å². The minimum Gasteiger partial charge on any atom is -0.397 e. The summed E-state index contributed by atoms with van der Waals surface area (Å²) < 4.78 is 5.34. The standard InChI is InChI=1S/C14H19N3O3S/c1-20-8-4-5-17(6-8)14-9(13(16)19)10(15)12(21-14)11(18)7-2-3-7/h7-8H,2-6,15H2,1H3,(H2,16,19). The third-order valence-electron chi connectivity index (χ3n) is 4.11. The number of thiophene rings is 1. The molecular formula is C14H19N3O3S. The van der Waals surface area contributed by atoms with Crippen molar-refractivity contribution < 1.29 is 14.3 Å². The number of nitrogen functional groups attached to an aromatic ring is 1. The van der Waals surface area contributed by atoms with E-state index in [-0.39, 0.29) is 23.5 Å². The van der Waals surface area contributed by atoms with Gasteiger partial charge in [-0.15, -0.1) is 11.3 Å². The van der Waals surface area contributed by atoms with Crippen LogP contribution in [0.4, 0.5) is 10.7 Å². The number of rotatable bonds is 5. The monoisotopic (exact) mass is 309 g/mol. The Hall–Kier alpha value is -1.60. The molecule has 1 aliphatic carbocycles. The van der Waals surface area contributed by atoms with Gasteiger partial charge in [-0.25, -0.2) is 0 Å². The van der Waals surface area contributed by atoms with Crippen molar-refractivity contribution in [3.63, 3.8) is 0 Å². The molecule has 1 saturated heterocycles. The minimum atomic E-state index is -0.575. The van der Waals surface area contributed by atoms with Crippen molar-refractivity contribution in [2.75, 3.05) is 30.8 Å². The number of carbonyl (C=O) groups excluding carboxylic acids is 2. The van der Waals surface area contributed by atoms with Crippen LogP contribution < -0.4 is 16.4 Å². The number of methoxy groups -OCH3 is 1. The number of nitrogens with zero attached hydrogens (tertiary/aromatic N) is 1. The molecule has 0 radical (unpaired) electrons. The highest BCUT2D eigenvalue weighted by Crippen LogP contribution is 2.43. The van der Waals surface area contributed by atoms with Gasteiger partial charge >= 0.3 is 0 Å². The largest absolute Gasteiger partial charge is 0.397 e. The molecule has 1 saturated carbocycles. The Labute approximate surface area is 127 Å². The molecule has 0 spiro atoms. The van der Waals surface area contributed by atoms with Crippen molar-refractivity contribution in [1.82, 2.24) is 0 Å². The number of hydrogen-bond acceptors (Lipinski definition) is 6. The first-order valence-corrected chi connectivity index (χ1v) is 7.88. The Kier molecular flexibility index (Phi) is 3.62. The molecule has 0 bridgehead atoms. The van der Waals surface area contributed by atoms with Crippen molar-refractivity contribution >= 4 is 33.7 Å². The van der Waals surface area contributed by atoms with E-state index in [0.717, 1.165) is 25.8 Å². The third kappa shape index (κ3) is 2.51. The fraction of sp³-hybridized carbons (Fsp3) is 0.571. The summed E-state index contributed by atoms with van der Waals surface area (Å²) in [6.07, 6.45) is 2.84. The van der Waals surface area contributed by atoms with Gasteiger partial charge in [0, 0.05) is 26.1 Å². The summed E-state index contributed by atoms with van der Waals surface area (Å²) in [7, 11) is 1.67. The second-order valence-corrected chi connectivity index (χ2v) is 6.62. The molecule has 7 heteroatoms. The average molecular weight is 309 g/mol. The van der Waals surface area contributed by atoms with E-state index in [1.54, 1.807) is 7.11 Å².